The number of rotatable bonds is 7. The van der Waals surface area contributed by atoms with Crippen LogP contribution in [0, 0.1) is 6.92 Å². The van der Waals surface area contributed by atoms with E-state index in [1.807, 2.05) is 47.9 Å². The van der Waals surface area contributed by atoms with E-state index in [0.717, 1.165) is 16.8 Å². The standard InChI is InChI=1S/C25H22ClN5O2S/c1-16-7-13-20(14-8-16)31-24(18-9-11-19(26)12-10-18)29-30-25(31)34-15-23(33)28-27-17(2)21-5-3-4-6-22(21)32/h3-14,32H,15H2,1-2H3,(H,28,33)/b27-17+. The third-order valence-electron chi connectivity index (χ3n) is 5.00. The van der Waals surface area contributed by atoms with Gasteiger partial charge in [-0.1, -0.05) is 53.2 Å². The van der Waals surface area contributed by atoms with Gasteiger partial charge in [-0.05, 0) is 62.4 Å². The number of phenolic OH excluding ortho intramolecular Hbond substituents is 1. The zero-order valence-corrected chi connectivity index (χ0v) is 20.1. The van der Waals surface area contributed by atoms with Gasteiger partial charge in [-0.25, -0.2) is 5.43 Å². The van der Waals surface area contributed by atoms with Crippen molar-refractivity contribution in [3.05, 3.63) is 88.9 Å². The topological polar surface area (TPSA) is 92.4 Å². The molecule has 0 aliphatic heterocycles. The number of phenols is 1. The number of amides is 1. The fourth-order valence-electron chi connectivity index (χ4n) is 3.22. The summed E-state index contributed by atoms with van der Waals surface area (Å²) in [6.07, 6.45) is 0. The van der Waals surface area contributed by atoms with Gasteiger partial charge in [-0.15, -0.1) is 10.2 Å². The number of nitrogens with one attached hydrogen (secondary N) is 1. The Kier molecular flexibility index (Phi) is 7.30. The maximum Gasteiger partial charge on any atom is 0.250 e. The van der Waals surface area contributed by atoms with Crippen molar-refractivity contribution in [1.82, 2.24) is 20.2 Å². The first kappa shape index (κ1) is 23.5. The number of thioether (sulfide) groups is 1. The highest BCUT2D eigenvalue weighted by atomic mass is 35.5. The number of halogens is 1. The SMILES string of the molecule is C/C(=N\NC(=O)CSc1nnc(-c2ccc(Cl)cc2)n1-c1ccc(C)cc1)c1ccccc1O. The highest BCUT2D eigenvalue weighted by molar-refractivity contribution is 7.99. The van der Waals surface area contributed by atoms with E-state index in [9.17, 15) is 9.90 Å². The summed E-state index contributed by atoms with van der Waals surface area (Å²) in [6.45, 7) is 3.74. The summed E-state index contributed by atoms with van der Waals surface area (Å²) in [6, 6.07) is 22.2. The fraction of sp³-hybridized carbons (Fsp3) is 0.120. The summed E-state index contributed by atoms with van der Waals surface area (Å²) < 4.78 is 1.91. The largest absolute Gasteiger partial charge is 0.507 e. The number of aryl methyl sites for hydroxylation is 1. The van der Waals surface area contributed by atoms with Crippen molar-refractivity contribution in [2.45, 2.75) is 19.0 Å². The number of aromatic nitrogens is 3. The maximum absolute atomic E-state index is 12.5. The minimum absolute atomic E-state index is 0.0855. The number of hydrogen-bond donors (Lipinski definition) is 2. The van der Waals surface area contributed by atoms with Crippen LogP contribution in [0.5, 0.6) is 5.75 Å². The van der Waals surface area contributed by atoms with E-state index in [1.165, 1.54) is 11.8 Å². The number of aromatic hydroxyl groups is 1. The van der Waals surface area contributed by atoms with Crippen molar-refractivity contribution in [2.75, 3.05) is 5.75 Å². The number of benzene rings is 3. The predicted molar refractivity (Wildman–Crippen MR) is 136 cm³/mol. The lowest BCUT2D eigenvalue weighted by Gasteiger charge is -2.11. The Bertz CT molecular complexity index is 1330. The summed E-state index contributed by atoms with van der Waals surface area (Å²) in [5.41, 5.74) is 6.48. The molecule has 0 aliphatic rings. The van der Waals surface area contributed by atoms with E-state index >= 15 is 0 Å². The molecule has 0 bridgehead atoms. The quantitative estimate of drug-likeness (QED) is 0.210. The number of nitrogens with zero attached hydrogens (tertiary/aromatic N) is 4. The van der Waals surface area contributed by atoms with Gasteiger partial charge in [-0.3, -0.25) is 9.36 Å². The molecule has 9 heteroatoms. The first-order valence-corrected chi connectivity index (χ1v) is 11.8. The molecule has 4 aromatic rings. The van der Waals surface area contributed by atoms with E-state index < -0.39 is 0 Å². The van der Waals surface area contributed by atoms with Crippen LogP contribution in [0.1, 0.15) is 18.1 Å². The Morgan fingerprint density at radius 1 is 1.06 bits per heavy atom. The summed E-state index contributed by atoms with van der Waals surface area (Å²) >= 11 is 7.30. The number of carbonyl (C=O) groups excluding carboxylic acids is 1. The summed E-state index contributed by atoms with van der Waals surface area (Å²) in [7, 11) is 0. The second-order valence-corrected chi connectivity index (χ2v) is 8.90. The summed E-state index contributed by atoms with van der Waals surface area (Å²) in [5.74, 6) is 0.540. The Morgan fingerprint density at radius 2 is 1.76 bits per heavy atom. The zero-order chi connectivity index (χ0) is 24.1. The maximum atomic E-state index is 12.5. The first-order valence-electron chi connectivity index (χ1n) is 10.4. The lowest BCUT2D eigenvalue weighted by atomic mass is 10.1. The Morgan fingerprint density at radius 3 is 2.47 bits per heavy atom. The molecule has 0 saturated carbocycles. The predicted octanol–water partition coefficient (Wildman–Crippen LogP) is 5.23. The molecule has 34 heavy (non-hydrogen) atoms. The summed E-state index contributed by atoms with van der Waals surface area (Å²) in [4.78, 5) is 12.5. The van der Waals surface area contributed by atoms with Crippen molar-refractivity contribution >= 4 is 35.0 Å². The molecule has 0 fully saturated rings. The minimum atomic E-state index is -0.300. The van der Waals surface area contributed by atoms with Crippen LogP contribution in [0.4, 0.5) is 0 Å². The molecule has 7 nitrogen and oxygen atoms in total. The first-order chi connectivity index (χ1) is 16.4. The molecule has 0 saturated heterocycles. The van der Waals surface area contributed by atoms with Gasteiger partial charge in [0.1, 0.15) is 5.75 Å². The van der Waals surface area contributed by atoms with Gasteiger partial charge in [0.2, 0.25) is 0 Å². The van der Waals surface area contributed by atoms with Gasteiger partial charge in [0.15, 0.2) is 11.0 Å². The molecule has 2 N–H and O–H groups in total. The van der Waals surface area contributed by atoms with Crippen LogP contribution < -0.4 is 5.43 Å². The molecule has 0 atom stereocenters. The van der Waals surface area contributed by atoms with Crippen LogP contribution in [0.3, 0.4) is 0 Å². The Hall–Kier alpha value is -3.62. The van der Waals surface area contributed by atoms with Crippen molar-refractivity contribution in [3.63, 3.8) is 0 Å². The average Bonchev–Trinajstić information content (AvgIpc) is 3.26. The Balaban J connectivity index is 1.54. The van der Waals surface area contributed by atoms with Crippen LogP contribution in [0.25, 0.3) is 17.1 Å². The van der Waals surface area contributed by atoms with Crippen molar-refractivity contribution in [3.8, 4) is 22.8 Å². The van der Waals surface area contributed by atoms with Gasteiger partial charge in [-0.2, -0.15) is 5.10 Å². The van der Waals surface area contributed by atoms with E-state index in [0.29, 0.717) is 27.3 Å². The normalized spacial score (nSPS) is 11.4. The molecule has 0 aliphatic carbocycles. The number of para-hydroxylation sites is 1. The Labute approximate surface area is 206 Å². The fourth-order valence-corrected chi connectivity index (χ4v) is 4.09. The van der Waals surface area contributed by atoms with E-state index in [-0.39, 0.29) is 17.4 Å². The smallest absolute Gasteiger partial charge is 0.250 e. The highest BCUT2D eigenvalue weighted by Crippen LogP contribution is 2.29. The van der Waals surface area contributed by atoms with Gasteiger partial charge in [0.05, 0.1) is 11.5 Å². The minimum Gasteiger partial charge on any atom is -0.507 e. The van der Waals surface area contributed by atoms with Crippen LogP contribution in [0.15, 0.2) is 83.1 Å². The van der Waals surface area contributed by atoms with Gasteiger partial charge >= 0.3 is 0 Å². The van der Waals surface area contributed by atoms with E-state index in [1.54, 1.807) is 43.3 Å². The van der Waals surface area contributed by atoms with Crippen molar-refractivity contribution in [1.29, 1.82) is 0 Å². The monoisotopic (exact) mass is 491 g/mol. The molecule has 4 rings (SSSR count). The number of carbonyl (C=O) groups is 1. The molecule has 0 spiro atoms. The molecule has 0 unspecified atom stereocenters. The van der Waals surface area contributed by atoms with Crippen LogP contribution >= 0.6 is 23.4 Å². The van der Waals surface area contributed by atoms with E-state index in [4.69, 9.17) is 11.6 Å². The molecular formula is C25H22ClN5O2S. The number of hydrogen-bond acceptors (Lipinski definition) is 6. The average molecular weight is 492 g/mol. The lowest BCUT2D eigenvalue weighted by molar-refractivity contribution is -0.118. The van der Waals surface area contributed by atoms with E-state index in [2.05, 4.69) is 20.7 Å². The highest BCUT2D eigenvalue weighted by Gasteiger charge is 2.17. The molecule has 1 heterocycles. The zero-order valence-electron chi connectivity index (χ0n) is 18.6. The van der Waals surface area contributed by atoms with Gasteiger partial charge in [0.25, 0.3) is 5.91 Å². The second kappa shape index (κ2) is 10.5. The lowest BCUT2D eigenvalue weighted by Crippen LogP contribution is -2.21. The molecule has 3 aromatic carbocycles. The summed E-state index contributed by atoms with van der Waals surface area (Å²) in [5, 5.41) is 24.0. The van der Waals surface area contributed by atoms with Crippen LogP contribution in [0.2, 0.25) is 5.02 Å². The van der Waals surface area contributed by atoms with Crippen molar-refractivity contribution in [2.24, 2.45) is 5.10 Å². The van der Waals surface area contributed by atoms with Crippen molar-refractivity contribution < 1.29 is 9.90 Å². The molecular weight excluding hydrogens is 470 g/mol. The third kappa shape index (κ3) is 5.47. The van der Waals surface area contributed by atoms with Gasteiger partial charge in [0, 0.05) is 21.8 Å². The molecule has 1 amide bonds. The molecule has 0 radical (unpaired) electrons. The van der Waals surface area contributed by atoms with Crippen LogP contribution in [-0.2, 0) is 4.79 Å². The molecule has 172 valence electrons. The number of hydrazone groups is 1. The second-order valence-electron chi connectivity index (χ2n) is 7.52. The molecule has 1 aromatic heterocycles. The third-order valence-corrected chi connectivity index (χ3v) is 6.18. The van der Waals surface area contributed by atoms with Gasteiger partial charge < -0.3 is 5.11 Å². The van der Waals surface area contributed by atoms with Crippen LogP contribution in [-0.4, -0.2) is 37.2 Å².